The van der Waals surface area contributed by atoms with E-state index in [1.807, 2.05) is 24.5 Å². The maximum atomic E-state index is 12.1. The molecule has 0 bridgehead atoms. The summed E-state index contributed by atoms with van der Waals surface area (Å²) in [6.07, 6.45) is 1.56. The van der Waals surface area contributed by atoms with Crippen molar-refractivity contribution in [3.05, 3.63) is 86.7 Å². The van der Waals surface area contributed by atoms with E-state index in [9.17, 15) is 9.59 Å². The molecule has 2 aromatic carbocycles. The van der Waals surface area contributed by atoms with Crippen LogP contribution in [0.1, 0.15) is 37.7 Å². The highest BCUT2D eigenvalue weighted by molar-refractivity contribution is 6.33. The number of aromatic nitrogens is 1. The van der Waals surface area contributed by atoms with Gasteiger partial charge in [0.1, 0.15) is 0 Å². The Morgan fingerprint density at radius 3 is 2.38 bits per heavy atom. The van der Waals surface area contributed by atoms with Gasteiger partial charge in [0.25, 0.3) is 5.91 Å². The minimum atomic E-state index is -1.08. The van der Waals surface area contributed by atoms with Crippen LogP contribution >= 0.6 is 23.2 Å². The first kappa shape index (κ1) is 20.6. The van der Waals surface area contributed by atoms with Crippen LogP contribution in [0.5, 0.6) is 0 Å². The Kier molecular flexibility index (Phi) is 6.06. The number of carboxylic acid groups (broad SMARTS) is 1. The van der Waals surface area contributed by atoms with Crippen LogP contribution < -0.4 is 5.43 Å². The van der Waals surface area contributed by atoms with Gasteiger partial charge >= 0.3 is 5.97 Å². The highest BCUT2D eigenvalue weighted by Gasteiger charge is 2.13. The number of benzene rings is 2. The molecule has 29 heavy (non-hydrogen) atoms. The lowest BCUT2D eigenvalue weighted by Gasteiger charge is -2.11. The third kappa shape index (κ3) is 4.50. The number of rotatable bonds is 5. The van der Waals surface area contributed by atoms with E-state index in [0.717, 1.165) is 22.6 Å². The van der Waals surface area contributed by atoms with E-state index in [1.54, 1.807) is 42.6 Å². The van der Waals surface area contributed by atoms with Gasteiger partial charge < -0.3 is 9.67 Å². The second kappa shape index (κ2) is 8.51. The van der Waals surface area contributed by atoms with Crippen LogP contribution in [-0.4, -0.2) is 27.8 Å². The van der Waals surface area contributed by atoms with Gasteiger partial charge in [0, 0.05) is 33.2 Å². The molecule has 0 saturated carbocycles. The molecule has 0 spiro atoms. The van der Waals surface area contributed by atoms with E-state index >= 15 is 0 Å². The van der Waals surface area contributed by atoms with Crippen molar-refractivity contribution in [2.24, 2.45) is 5.10 Å². The molecular formula is C21H17Cl2N3O3. The average Bonchev–Trinajstić information content (AvgIpc) is 2.95. The van der Waals surface area contributed by atoms with Gasteiger partial charge in [-0.05, 0) is 62.4 Å². The zero-order valence-corrected chi connectivity index (χ0v) is 17.1. The molecule has 8 heteroatoms. The summed E-state index contributed by atoms with van der Waals surface area (Å²) in [6.45, 7) is 3.81. The largest absolute Gasteiger partial charge is 0.478 e. The van der Waals surface area contributed by atoms with Gasteiger partial charge in [0.05, 0.1) is 16.8 Å². The molecule has 6 nitrogen and oxygen atoms in total. The Morgan fingerprint density at radius 1 is 1.07 bits per heavy atom. The summed E-state index contributed by atoms with van der Waals surface area (Å²) in [7, 11) is 0. The van der Waals surface area contributed by atoms with Crippen LogP contribution in [0.4, 0.5) is 0 Å². The Morgan fingerprint density at radius 2 is 1.76 bits per heavy atom. The summed E-state index contributed by atoms with van der Waals surface area (Å²) in [6, 6.07) is 13.2. The van der Waals surface area contributed by atoms with Crippen molar-refractivity contribution in [1.29, 1.82) is 0 Å². The summed E-state index contributed by atoms with van der Waals surface area (Å²) in [5.74, 6) is -1.42. The molecule has 0 unspecified atom stereocenters. The number of aryl methyl sites for hydroxylation is 1. The van der Waals surface area contributed by atoms with Gasteiger partial charge in [-0.3, -0.25) is 4.79 Å². The van der Waals surface area contributed by atoms with Gasteiger partial charge in [-0.2, -0.15) is 5.10 Å². The molecule has 1 heterocycles. The lowest BCUT2D eigenvalue weighted by Crippen LogP contribution is -2.17. The highest BCUT2D eigenvalue weighted by Crippen LogP contribution is 2.25. The molecule has 0 atom stereocenters. The number of amides is 1. The summed E-state index contributed by atoms with van der Waals surface area (Å²) in [5, 5.41) is 13.9. The zero-order valence-electron chi connectivity index (χ0n) is 15.6. The molecule has 0 saturated heterocycles. The molecule has 0 aliphatic rings. The van der Waals surface area contributed by atoms with Crippen LogP contribution in [0.2, 0.25) is 10.0 Å². The fourth-order valence-corrected chi connectivity index (χ4v) is 3.34. The molecule has 3 rings (SSSR count). The van der Waals surface area contributed by atoms with E-state index in [2.05, 4.69) is 10.5 Å². The van der Waals surface area contributed by atoms with Crippen LogP contribution in [0.15, 0.2) is 53.6 Å². The van der Waals surface area contributed by atoms with E-state index in [4.69, 9.17) is 28.3 Å². The SMILES string of the molecule is Cc1cc(/C=N\NC(=O)c2ccc(Cl)cc2)c(C)n1-c1ccc(C(=O)O)c(Cl)c1. The summed E-state index contributed by atoms with van der Waals surface area (Å²) < 4.78 is 1.93. The fraction of sp³-hybridized carbons (Fsp3) is 0.0952. The summed E-state index contributed by atoms with van der Waals surface area (Å²) in [5.41, 5.74) is 6.29. The second-order valence-electron chi connectivity index (χ2n) is 6.34. The number of nitrogens with one attached hydrogen (secondary N) is 1. The number of halogens is 2. The molecule has 0 aliphatic heterocycles. The van der Waals surface area contributed by atoms with Crippen molar-refractivity contribution in [3.8, 4) is 5.69 Å². The first-order valence-electron chi connectivity index (χ1n) is 8.59. The smallest absolute Gasteiger partial charge is 0.337 e. The summed E-state index contributed by atoms with van der Waals surface area (Å²) in [4.78, 5) is 23.3. The molecular weight excluding hydrogens is 413 g/mol. The van der Waals surface area contributed by atoms with Crippen LogP contribution in [-0.2, 0) is 0 Å². The number of carbonyl (C=O) groups is 2. The molecule has 0 aliphatic carbocycles. The third-order valence-corrected chi connectivity index (χ3v) is 4.95. The molecule has 0 fully saturated rings. The molecule has 1 amide bonds. The van der Waals surface area contributed by atoms with Crippen LogP contribution in [0.25, 0.3) is 5.69 Å². The quantitative estimate of drug-likeness (QED) is 0.448. The molecule has 3 aromatic rings. The second-order valence-corrected chi connectivity index (χ2v) is 7.18. The normalized spacial score (nSPS) is 11.0. The number of carboxylic acids is 1. The minimum Gasteiger partial charge on any atom is -0.478 e. The first-order chi connectivity index (χ1) is 13.8. The number of hydrazone groups is 1. The summed E-state index contributed by atoms with van der Waals surface area (Å²) >= 11 is 11.9. The van der Waals surface area contributed by atoms with Crippen molar-refractivity contribution >= 4 is 41.3 Å². The standard InChI is InChI=1S/C21H17Cl2N3O3/c1-12-9-15(11-24-25-20(27)14-3-5-16(22)6-4-14)13(2)26(12)17-7-8-18(21(28)29)19(23)10-17/h3-11H,1-2H3,(H,25,27)(H,28,29)/b24-11-. The average molecular weight is 430 g/mol. The predicted molar refractivity (Wildman–Crippen MR) is 114 cm³/mol. The Hall–Kier alpha value is -3.09. The maximum absolute atomic E-state index is 12.1. The van der Waals surface area contributed by atoms with E-state index in [0.29, 0.717) is 10.6 Å². The minimum absolute atomic E-state index is 0.0459. The zero-order chi connectivity index (χ0) is 21.1. The van der Waals surface area contributed by atoms with Crippen LogP contribution in [0.3, 0.4) is 0 Å². The molecule has 0 radical (unpaired) electrons. The Bertz CT molecular complexity index is 1120. The number of aromatic carboxylic acids is 1. The Balaban J connectivity index is 1.81. The van der Waals surface area contributed by atoms with E-state index < -0.39 is 5.97 Å². The van der Waals surface area contributed by atoms with E-state index in [1.165, 1.54) is 6.07 Å². The van der Waals surface area contributed by atoms with E-state index in [-0.39, 0.29) is 16.5 Å². The van der Waals surface area contributed by atoms with Gasteiger partial charge in [-0.25, -0.2) is 10.2 Å². The highest BCUT2D eigenvalue weighted by atomic mass is 35.5. The number of hydrogen-bond donors (Lipinski definition) is 2. The topological polar surface area (TPSA) is 83.7 Å². The maximum Gasteiger partial charge on any atom is 0.337 e. The van der Waals surface area contributed by atoms with Gasteiger partial charge in [0.15, 0.2) is 0 Å². The number of hydrogen-bond acceptors (Lipinski definition) is 3. The molecule has 1 aromatic heterocycles. The lowest BCUT2D eigenvalue weighted by molar-refractivity contribution is 0.0697. The monoisotopic (exact) mass is 429 g/mol. The fourth-order valence-electron chi connectivity index (χ4n) is 2.96. The molecule has 148 valence electrons. The van der Waals surface area contributed by atoms with Crippen molar-refractivity contribution in [2.45, 2.75) is 13.8 Å². The van der Waals surface area contributed by atoms with Gasteiger partial charge in [0.2, 0.25) is 0 Å². The lowest BCUT2D eigenvalue weighted by atomic mass is 10.2. The number of carbonyl (C=O) groups excluding carboxylic acids is 1. The van der Waals surface area contributed by atoms with Crippen LogP contribution in [0, 0.1) is 13.8 Å². The first-order valence-corrected chi connectivity index (χ1v) is 9.34. The van der Waals surface area contributed by atoms with Crippen molar-refractivity contribution < 1.29 is 14.7 Å². The van der Waals surface area contributed by atoms with Crippen molar-refractivity contribution in [2.75, 3.05) is 0 Å². The Labute approximate surface area is 177 Å². The van der Waals surface area contributed by atoms with Crippen molar-refractivity contribution in [1.82, 2.24) is 9.99 Å². The third-order valence-electron chi connectivity index (χ3n) is 4.39. The number of nitrogens with zero attached hydrogens (tertiary/aromatic N) is 2. The predicted octanol–water partition coefficient (Wildman–Crippen LogP) is 4.86. The van der Waals surface area contributed by atoms with Gasteiger partial charge in [-0.15, -0.1) is 0 Å². The van der Waals surface area contributed by atoms with Crippen molar-refractivity contribution in [3.63, 3.8) is 0 Å². The molecule has 2 N–H and O–H groups in total. The van der Waals surface area contributed by atoms with Gasteiger partial charge in [-0.1, -0.05) is 23.2 Å².